The number of para-hydroxylation sites is 1. The van der Waals surface area contributed by atoms with Crippen LogP contribution in [0.15, 0.2) is 24.3 Å². The highest BCUT2D eigenvalue weighted by atomic mass is 32.2. The first-order valence-corrected chi connectivity index (χ1v) is 8.71. The zero-order valence-corrected chi connectivity index (χ0v) is 13.8. The number of rotatable bonds is 5. The Balaban J connectivity index is 2.38. The smallest absolute Gasteiger partial charge is 0.313 e. The van der Waals surface area contributed by atoms with Gasteiger partial charge in [-0.2, -0.15) is 0 Å². The molecule has 122 valence electrons. The largest absolute Gasteiger partial charge is 0.469 e. The second-order valence-electron chi connectivity index (χ2n) is 5.32. The van der Waals surface area contributed by atoms with E-state index in [2.05, 4.69) is 0 Å². The molecule has 6 nitrogen and oxygen atoms in total. The third-order valence-corrected chi connectivity index (χ3v) is 5.81. The van der Waals surface area contributed by atoms with E-state index in [-0.39, 0.29) is 18.3 Å². The predicted molar refractivity (Wildman–Crippen MR) is 83.4 cm³/mol. The molecule has 0 spiro atoms. The van der Waals surface area contributed by atoms with Crippen LogP contribution in [0.4, 0.5) is 5.69 Å². The second-order valence-corrected chi connectivity index (χ2v) is 7.26. The molecule has 2 atom stereocenters. The Morgan fingerprint density at radius 3 is 2.68 bits per heavy atom. The average molecular weight is 327 g/mol. The summed E-state index contributed by atoms with van der Waals surface area (Å²) in [5, 5.41) is 0. The van der Waals surface area contributed by atoms with Gasteiger partial charge in [0.15, 0.2) is 0 Å². The lowest BCUT2D eigenvalue weighted by Crippen LogP contribution is -2.41. The first-order chi connectivity index (χ1) is 10.4. The quantitative estimate of drug-likeness (QED) is 0.767. The van der Waals surface area contributed by atoms with Gasteiger partial charge < -0.3 is 9.47 Å². The molecule has 1 aromatic carbocycles. The Morgan fingerprint density at radius 2 is 2.05 bits per heavy atom. The van der Waals surface area contributed by atoms with Crippen molar-refractivity contribution in [2.24, 2.45) is 0 Å². The molecule has 1 heterocycles. The number of hydrogen-bond donors (Lipinski definition) is 0. The maximum atomic E-state index is 12.6. The molecule has 0 saturated carbocycles. The van der Waals surface area contributed by atoms with Crippen LogP contribution in [-0.2, 0) is 24.3 Å². The van der Waals surface area contributed by atoms with Crippen LogP contribution in [0.2, 0.25) is 0 Å². The molecule has 0 N–H and O–H groups in total. The van der Waals surface area contributed by atoms with Gasteiger partial charge in [0.2, 0.25) is 10.0 Å². The van der Waals surface area contributed by atoms with Gasteiger partial charge in [0.1, 0.15) is 0 Å². The van der Waals surface area contributed by atoms with Crippen molar-refractivity contribution in [3.05, 3.63) is 29.8 Å². The summed E-state index contributed by atoms with van der Waals surface area (Å²) in [4.78, 5) is 11.9. The molecule has 7 heteroatoms. The van der Waals surface area contributed by atoms with Gasteiger partial charge in [-0.1, -0.05) is 18.2 Å². The first-order valence-electron chi connectivity index (χ1n) is 7.10. The normalized spacial score (nSPS) is 19.4. The Labute approximate surface area is 131 Å². The van der Waals surface area contributed by atoms with Crippen LogP contribution < -0.4 is 4.31 Å². The summed E-state index contributed by atoms with van der Waals surface area (Å²) >= 11 is 0. The maximum Gasteiger partial charge on any atom is 0.313 e. The molecule has 0 aliphatic carbocycles. The first kappa shape index (κ1) is 16.8. The van der Waals surface area contributed by atoms with Gasteiger partial charge in [-0.05, 0) is 25.0 Å². The van der Waals surface area contributed by atoms with Gasteiger partial charge in [0.25, 0.3) is 0 Å². The van der Waals surface area contributed by atoms with Crippen molar-refractivity contribution >= 4 is 21.7 Å². The standard InChI is InChI=1S/C15H21NO5S/c1-11(20-2)10-22(18,19)16-9-8-13(15(17)21-3)12-6-4-5-7-14(12)16/h4-7,11,13H,8-10H2,1-3H3. The summed E-state index contributed by atoms with van der Waals surface area (Å²) in [5.41, 5.74) is 1.24. The zero-order valence-electron chi connectivity index (χ0n) is 13.0. The minimum atomic E-state index is -3.51. The number of ether oxygens (including phenoxy) is 2. The molecule has 0 aromatic heterocycles. The second kappa shape index (κ2) is 6.66. The summed E-state index contributed by atoms with van der Waals surface area (Å²) < 4.78 is 36.4. The molecule has 2 unspecified atom stereocenters. The van der Waals surface area contributed by atoms with Crippen molar-refractivity contribution < 1.29 is 22.7 Å². The predicted octanol–water partition coefficient (Wildman–Crippen LogP) is 1.52. The lowest BCUT2D eigenvalue weighted by atomic mass is 9.91. The van der Waals surface area contributed by atoms with Crippen molar-refractivity contribution in [1.29, 1.82) is 0 Å². The third-order valence-electron chi connectivity index (χ3n) is 3.87. The molecular weight excluding hydrogens is 306 g/mol. The Kier molecular flexibility index (Phi) is 5.08. The summed E-state index contributed by atoms with van der Waals surface area (Å²) in [6.07, 6.45) is 0.0140. The summed E-state index contributed by atoms with van der Waals surface area (Å²) in [5.74, 6) is -0.858. The van der Waals surface area contributed by atoms with Gasteiger partial charge >= 0.3 is 5.97 Å². The minimum Gasteiger partial charge on any atom is -0.469 e. The Hall–Kier alpha value is -1.60. The molecule has 0 amide bonds. The van der Waals surface area contributed by atoms with E-state index in [1.54, 1.807) is 31.2 Å². The highest BCUT2D eigenvalue weighted by molar-refractivity contribution is 7.92. The molecule has 0 saturated heterocycles. The lowest BCUT2D eigenvalue weighted by molar-refractivity contribution is -0.142. The molecule has 0 fully saturated rings. The van der Waals surface area contributed by atoms with E-state index in [0.29, 0.717) is 17.7 Å². The maximum absolute atomic E-state index is 12.6. The number of hydrogen-bond acceptors (Lipinski definition) is 5. The van der Waals surface area contributed by atoms with Gasteiger partial charge in [0.05, 0.1) is 30.6 Å². The fraction of sp³-hybridized carbons (Fsp3) is 0.533. The summed E-state index contributed by atoms with van der Waals surface area (Å²) in [6.45, 7) is 1.97. The molecule has 0 radical (unpaired) electrons. The van der Waals surface area contributed by atoms with Crippen molar-refractivity contribution in [2.45, 2.75) is 25.4 Å². The number of esters is 1. The topological polar surface area (TPSA) is 72.9 Å². The fourth-order valence-corrected chi connectivity index (χ4v) is 4.42. The van der Waals surface area contributed by atoms with E-state index in [4.69, 9.17) is 9.47 Å². The molecule has 1 aliphatic rings. The SMILES string of the molecule is COC(=O)C1CCN(S(=O)(=O)CC(C)OC)c2ccccc21. The highest BCUT2D eigenvalue weighted by Gasteiger charge is 2.35. The number of fused-ring (bicyclic) bond motifs is 1. The van der Waals surface area contributed by atoms with Crippen LogP contribution in [0, 0.1) is 0 Å². The van der Waals surface area contributed by atoms with Crippen LogP contribution in [0.25, 0.3) is 0 Å². The lowest BCUT2D eigenvalue weighted by Gasteiger charge is -2.34. The van der Waals surface area contributed by atoms with Crippen molar-refractivity contribution in [3.63, 3.8) is 0 Å². The Bertz CT molecular complexity index is 643. The van der Waals surface area contributed by atoms with E-state index >= 15 is 0 Å². The van der Waals surface area contributed by atoms with Gasteiger partial charge in [0, 0.05) is 13.7 Å². The number of methoxy groups -OCH3 is 2. The van der Waals surface area contributed by atoms with Crippen LogP contribution in [-0.4, -0.2) is 47.0 Å². The van der Waals surface area contributed by atoms with Crippen LogP contribution in [0.1, 0.15) is 24.8 Å². The number of sulfonamides is 1. The monoisotopic (exact) mass is 327 g/mol. The number of nitrogens with zero attached hydrogens (tertiary/aromatic N) is 1. The van der Waals surface area contributed by atoms with E-state index in [1.807, 2.05) is 0 Å². The van der Waals surface area contributed by atoms with Gasteiger partial charge in [-0.3, -0.25) is 9.10 Å². The van der Waals surface area contributed by atoms with E-state index in [1.165, 1.54) is 18.5 Å². The highest BCUT2D eigenvalue weighted by Crippen LogP contribution is 2.37. The van der Waals surface area contributed by atoms with Crippen LogP contribution in [0.5, 0.6) is 0 Å². The van der Waals surface area contributed by atoms with Gasteiger partial charge in [-0.25, -0.2) is 8.42 Å². The minimum absolute atomic E-state index is 0.0965. The Morgan fingerprint density at radius 1 is 1.36 bits per heavy atom. The molecule has 0 bridgehead atoms. The van der Waals surface area contributed by atoms with E-state index in [0.717, 1.165) is 0 Å². The summed E-state index contributed by atoms with van der Waals surface area (Å²) in [6, 6.07) is 7.06. The average Bonchev–Trinajstić information content (AvgIpc) is 2.52. The van der Waals surface area contributed by atoms with E-state index < -0.39 is 22.0 Å². The number of benzene rings is 1. The van der Waals surface area contributed by atoms with Crippen LogP contribution in [0.3, 0.4) is 0 Å². The number of carbonyl (C=O) groups excluding carboxylic acids is 1. The molecule has 2 rings (SSSR count). The molecular formula is C15H21NO5S. The fourth-order valence-electron chi connectivity index (χ4n) is 2.66. The summed E-state index contributed by atoms with van der Waals surface area (Å²) in [7, 11) is -0.682. The zero-order chi connectivity index (χ0) is 16.3. The van der Waals surface area contributed by atoms with Crippen molar-refractivity contribution in [3.8, 4) is 0 Å². The number of anilines is 1. The molecule has 1 aromatic rings. The van der Waals surface area contributed by atoms with E-state index in [9.17, 15) is 13.2 Å². The van der Waals surface area contributed by atoms with Crippen molar-refractivity contribution in [2.75, 3.05) is 30.8 Å². The number of carbonyl (C=O) groups is 1. The van der Waals surface area contributed by atoms with Crippen LogP contribution >= 0.6 is 0 Å². The molecule has 22 heavy (non-hydrogen) atoms. The third kappa shape index (κ3) is 3.25. The molecule has 1 aliphatic heterocycles. The van der Waals surface area contributed by atoms with Crippen molar-refractivity contribution in [1.82, 2.24) is 0 Å². The van der Waals surface area contributed by atoms with Gasteiger partial charge in [-0.15, -0.1) is 0 Å².